The molecule has 1 aromatic heterocycles. The minimum atomic E-state index is -1.25. The topological polar surface area (TPSA) is 73.2 Å². The van der Waals surface area contributed by atoms with Crippen LogP contribution in [-0.2, 0) is 4.74 Å². The third-order valence-corrected chi connectivity index (χ3v) is 5.62. The first-order valence-corrected chi connectivity index (χ1v) is 9.09. The zero-order valence-corrected chi connectivity index (χ0v) is 15.9. The predicted octanol–water partition coefficient (Wildman–Crippen LogP) is 3.61. The first kappa shape index (κ1) is 18.9. The van der Waals surface area contributed by atoms with Gasteiger partial charge in [0.15, 0.2) is 10.6 Å². The Morgan fingerprint density at radius 3 is 2.58 bits per heavy atom. The molecule has 0 aliphatic carbocycles. The van der Waals surface area contributed by atoms with E-state index in [1.165, 1.54) is 16.8 Å². The average Bonchev–Trinajstić information content (AvgIpc) is 2.85. The van der Waals surface area contributed by atoms with Gasteiger partial charge in [0.2, 0.25) is 0 Å². The lowest BCUT2D eigenvalue weighted by molar-refractivity contribution is -0.00914. The summed E-state index contributed by atoms with van der Waals surface area (Å²) in [5.74, 6) is -0.353. The minimum Gasteiger partial charge on any atom is -0.351 e. The maximum Gasteiger partial charge on any atom is 0.351 e. The van der Waals surface area contributed by atoms with Gasteiger partial charge >= 0.3 is 5.69 Å². The van der Waals surface area contributed by atoms with E-state index in [1.54, 1.807) is 24.3 Å². The first-order chi connectivity index (χ1) is 12.3. The summed E-state index contributed by atoms with van der Waals surface area (Å²) in [6, 6.07) is 10.2. The maximum atomic E-state index is 12.4. The summed E-state index contributed by atoms with van der Waals surface area (Å²) in [5, 5.41) is 2.60. The van der Waals surface area contributed by atoms with Gasteiger partial charge in [0.1, 0.15) is 5.82 Å². The maximum absolute atomic E-state index is 12.4. The van der Waals surface area contributed by atoms with E-state index < -0.39 is 16.3 Å². The van der Waals surface area contributed by atoms with E-state index in [1.807, 2.05) is 19.9 Å². The average molecular weight is 396 g/mol. The lowest BCUT2D eigenvalue weighted by atomic mass is 10.0. The highest BCUT2D eigenvalue weighted by molar-refractivity contribution is 6.49. The van der Waals surface area contributed by atoms with Gasteiger partial charge in [-0.15, -0.1) is 0 Å². The molecule has 2 aromatic rings. The Kier molecular flexibility index (Phi) is 5.37. The van der Waals surface area contributed by atoms with Crippen molar-refractivity contribution in [1.82, 2.24) is 9.55 Å². The molecule has 8 heteroatoms. The Morgan fingerprint density at radius 2 is 2.00 bits per heavy atom. The number of nitrogens with one attached hydrogen (secondary N) is 1. The van der Waals surface area contributed by atoms with Crippen LogP contribution < -0.4 is 11.0 Å². The van der Waals surface area contributed by atoms with E-state index in [4.69, 9.17) is 27.9 Å². The summed E-state index contributed by atoms with van der Waals surface area (Å²) < 4.78 is 5.87. The molecule has 1 fully saturated rings. The number of amides is 1. The van der Waals surface area contributed by atoms with Crippen molar-refractivity contribution in [3.63, 3.8) is 0 Å². The molecule has 2 heterocycles. The second kappa shape index (κ2) is 7.39. The Balaban J connectivity index is 1.82. The Hall–Kier alpha value is -1.89. The molecule has 3 rings (SSSR count). The molecular formula is C18H19Cl2N3O3. The van der Waals surface area contributed by atoms with E-state index in [-0.39, 0.29) is 23.7 Å². The van der Waals surface area contributed by atoms with Crippen LogP contribution in [0.2, 0.25) is 0 Å². The molecule has 1 N–H and O–H groups in total. The summed E-state index contributed by atoms with van der Waals surface area (Å²) >= 11 is 12.9. The van der Waals surface area contributed by atoms with E-state index in [9.17, 15) is 9.59 Å². The third-order valence-electron chi connectivity index (χ3n) is 4.56. The summed E-state index contributed by atoms with van der Waals surface area (Å²) in [7, 11) is 0. The van der Waals surface area contributed by atoms with Gasteiger partial charge in [-0.3, -0.25) is 9.36 Å². The zero-order chi connectivity index (χ0) is 18.9. The fourth-order valence-corrected chi connectivity index (χ4v) is 3.58. The standard InChI is InChI=1S/C18H19Cl2N3O3/c1-3-13-11(2)18(19,20)16(26-13)23-10-9-14(22-17(23)25)21-15(24)12-7-5-4-6-8-12/h4-11,13,16H,3H2,1-2H3,(H,21,22,24,25)/t11-,13+,16+/m0/s1. The number of carbonyl (C=O) groups excluding carboxylic acids is 1. The van der Waals surface area contributed by atoms with Crippen LogP contribution in [0.3, 0.4) is 0 Å². The van der Waals surface area contributed by atoms with Gasteiger partial charge in [0.05, 0.1) is 6.10 Å². The molecule has 26 heavy (non-hydrogen) atoms. The monoisotopic (exact) mass is 395 g/mol. The molecule has 138 valence electrons. The third kappa shape index (κ3) is 3.49. The Morgan fingerprint density at radius 1 is 1.31 bits per heavy atom. The van der Waals surface area contributed by atoms with Gasteiger partial charge in [0, 0.05) is 17.7 Å². The highest BCUT2D eigenvalue weighted by atomic mass is 35.5. The van der Waals surface area contributed by atoms with Crippen LogP contribution in [0.15, 0.2) is 47.4 Å². The van der Waals surface area contributed by atoms with Crippen molar-refractivity contribution in [2.24, 2.45) is 5.92 Å². The van der Waals surface area contributed by atoms with Gasteiger partial charge < -0.3 is 10.1 Å². The molecule has 1 amide bonds. The number of halogens is 2. The number of benzene rings is 1. The first-order valence-electron chi connectivity index (χ1n) is 8.33. The van der Waals surface area contributed by atoms with Crippen molar-refractivity contribution in [2.75, 3.05) is 5.32 Å². The summed E-state index contributed by atoms with van der Waals surface area (Å²) in [5.41, 5.74) is -0.131. The summed E-state index contributed by atoms with van der Waals surface area (Å²) in [4.78, 5) is 28.5. The van der Waals surface area contributed by atoms with Gasteiger partial charge in [-0.05, 0) is 24.6 Å². The van der Waals surface area contributed by atoms with Crippen LogP contribution in [0.1, 0.15) is 36.9 Å². The smallest absolute Gasteiger partial charge is 0.351 e. The quantitative estimate of drug-likeness (QED) is 0.802. The van der Waals surface area contributed by atoms with Crippen molar-refractivity contribution in [3.05, 3.63) is 58.6 Å². The Labute approximate surface area is 161 Å². The van der Waals surface area contributed by atoms with Gasteiger partial charge in [-0.25, -0.2) is 4.79 Å². The predicted molar refractivity (Wildman–Crippen MR) is 101 cm³/mol. The summed E-state index contributed by atoms with van der Waals surface area (Å²) in [6.45, 7) is 3.86. The van der Waals surface area contributed by atoms with Crippen molar-refractivity contribution in [3.8, 4) is 0 Å². The lowest BCUT2D eigenvalue weighted by Gasteiger charge is -2.25. The van der Waals surface area contributed by atoms with Crippen LogP contribution in [0, 0.1) is 5.92 Å². The van der Waals surface area contributed by atoms with Crippen LogP contribution in [0.5, 0.6) is 0 Å². The zero-order valence-electron chi connectivity index (χ0n) is 14.4. The molecule has 0 unspecified atom stereocenters. The molecule has 0 radical (unpaired) electrons. The normalized spacial score (nSPS) is 24.4. The number of hydrogen-bond acceptors (Lipinski definition) is 4. The van der Waals surface area contributed by atoms with Crippen molar-refractivity contribution < 1.29 is 9.53 Å². The molecule has 1 saturated heterocycles. The van der Waals surface area contributed by atoms with E-state index in [2.05, 4.69) is 10.3 Å². The fraction of sp³-hybridized carbons (Fsp3) is 0.389. The van der Waals surface area contributed by atoms with E-state index in [0.717, 1.165) is 6.42 Å². The number of anilines is 1. The summed E-state index contributed by atoms with van der Waals surface area (Å²) in [6.07, 6.45) is 1.21. The fourth-order valence-electron chi connectivity index (χ4n) is 2.99. The number of alkyl halides is 2. The van der Waals surface area contributed by atoms with Crippen LogP contribution >= 0.6 is 23.2 Å². The van der Waals surface area contributed by atoms with Gasteiger partial charge in [-0.2, -0.15) is 4.98 Å². The number of carbonyl (C=O) groups is 1. The number of nitrogens with zero attached hydrogens (tertiary/aromatic N) is 2. The van der Waals surface area contributed by atoms with Gasteiger partial charge in [-0.1, -0.05) is 55.2 Å². The largest absolute Gasteiger partial charge is 0.351 e. The molecular weight excluding hydrogens is 377 g/mol. The number of rotatable bonds is 4. The van der Waals surface area contributed by atoms with Gasteiger partial charge in [0.25, 0.3) is 5.91 Å². The highest BCUT2D eigenvalue weighted by Crippen LogP contribution is 2.50. The molecule has 0 saturated carbocycles. The number of hydrogen-bond donors (Lipinski definition) is 1. The van der Waals surface area contributed by atoms with Crippen LogP contribution in [0.4, 0.5) is 5.82 Å². The molecule has 1 aromatic carbocycles. The molecule has 3 atom stereocenters. The molecule has 1 aliphatic heterocycles. The minimum absolute atomic E-state index is 0.146. The van der Waals surface area contributed by atoms with E-state index in [0.29, 0.717) is 5.56 Å². The second-order valence-electron chi connectivity index (χ2n) is 6.22. The molecule has 0 bridgehead atoms. The van der Waals surface area contributed by atoms with Crippen molar-refractivity contribution in [2.45, 2.75) is 36.9 Å². The molecule has 1 aliphatic rings. The second-order valence-corrected chi connectivity index (χ2v) is 7.67. The van der Waals surface area contributed by atoms with Crippen LogP contribution in [-0.4, -0.2) is 25.9 Å². The van der Waals surface area contributed by atoms with Crippen molar-refractivity contribution >= 4 is 34.9 Å². The highest BCUT2D eigenvalue weighted by Gasteiger charge is 2.53. The Bertz CT molecular complexity index is 854. The lowest BCUT2D eigenvalue weighted by Crippen LogP contribution is -2.36. The number of aromatic nitrogens is 2. The molecule has 6 nitrogen and oxygen atoms in total. The van der Waals surface area contributed by atoms with E-state index >= 15 is 0 Å². The number of ether oxygens (including phenoxy) is 1. The van der Waals surface area contributed by atoms with Crippen molar-refractivity contribution in [1.29, 1.82) is 0 Å². The van der Waals surface area contributed by atoms with Crippen LogP contribution in [0.25, 0.3) is 0 Å². The SMILES string of the molecule is CC[C@H]1O[C@@H](n2ccc(NC(=O)c3ccccc3)nc2=O)C(Cl)(Cl)[C@H]1C. The molecule has 0 spiro atoms.